The fourth-order valence-corrected chi connectivity index (χ4v) is 3.51. The molecular weight excluding hydrogens is 666 g/mol. The number of nitrogens with zero attached hydrogens (tertiary/aromatic N) is 9. The molecule has 0 bridgehead atoms. The third kappa shape index (κ3) is 11.9. The Morgan fingerprint density at radius 3 is 0.587 bits per heavy atom. The van der Waals surface area contributed by atoms with Crippen LogP contribution in [0.5, 0.6) is 0 Å². The van der Waals surface area contributed by atoms with Gasteiger partial charge in [-0.2, -0.15) is 15.0 Å². The zero-order chi connectivity index (χ0) is 31.5. The Balaban J connectivity index is 0.000000167. The molecule has 0 aliphatic heterocycles. The number of rotatable bonds is 3. The fourth-order valence-electron chi connectivity index (χ4n) is 3.51. The Kier molecular flexibility index (Phi) is 14.4. The minimum atomic E-state index is 0. The number of nitrogens with two attached hydrogens (primary N) is 3. The molecule has 0 aromatic carbocycles. The average molecular weight is 696 g/mol. The summed E-state index contributed by atoms with van der Waals surface area (Å²) in [6, 6.07) is 34.8. The van der Waals surface area contributed by atoms with Crippen LogP contribution in [0.4, 0.5) is 17.8 Å². The van der Waals surface area contributed by atoms with E-state index in [-0.39, 0.29) is 37.3 Å². The molecule has 6 N–H and O–H groups in total. The van der Waals surface area contributed by atoms with E-state index in [9.17, 15) is 0 Å². The normalized spacial score (nSPS) is 9.39. The van der Waals surface area contributed by atoms with Crippen molar-refractivity contribution in [3.05, 3.63) is 146 Å². The monoisotopic (exact) mass is 696 g/mol. The van der Waals surface area contributed by atoms with Crippen LogP contribution in [0.1, 0.15) is 0 Å². The molecule has 0 atom stereocenters. The second-order valence-electron chi connectivity index (χ2n) is 8.70. The van der Waals surface area contributed by atoms with Gasteiger partial charge in [0.1, 0.15) is 0 Å². The third-order valence-corrected chi connectivity index (χ3v) is 5.46. The Labute approximate surface area is 279 Å². The molecular formula is C33H30N12Ru. The average Bonchev–Trinajstić information content (AvgIpc) is 3.11. The maximum Gasteiger partial charge on any atom is 0.226 e. The van der Waals surface area contributed by atoms with Gasteiger partial charge in [0.15, 0.2) is 0 Å². The van der Waals surface area contributed by atoms with Crippen LogP contribution in [-0.4, -0.2) is 44.9 Å². The summed E-state index contributed by atoms with van der Waals surface area (Å²) in [5, 5.41) is 0. The van der Waals surface area contributed by atoms with Crippen molar-refractivity contribution in [1.29, 1.82) is 0 Å². The summed E-state index contributed by atoms with van der Waals surface area (Å²) in [6.45, 7) is 0. The summed E-state index contributed by atoms with van der Waals surface area (Å²) in [6.07, 6.45) is 10.6. The second-order valence-corrected chi connectivity index (χ2v) is 8.70. The Morgan fingerprint density at radius 1 is 0.283 bits per heavy atom. The van der Waals surface area contributed by atoms with Crippen LogP contribution in [0.2, 0.25) is 0 Å². The van der Waals surface area contributed by atoms with Gasteiger partial charge < -0.3 is 17.2 Å². The molecule has 7 heterocycles. The first kappa shape index (κ1) is 34.4. The third-order valence-electron chi connectivity index (χ3n) is 5.46. The molecule has 7 aromatic rings. The standard InChI is InChI=1S/3C10H8N2.C3H6N6.Ru/c3*1-3-7-11-9(5-1)10-6-2-4-8-12-10;4-1-7-2(5)9-3(6)8-1;/h3*1-8H;(H6,4,5,6,7,8,9);. The van der Waals surface area contributed by atoms with Gasteiger partial charge >= 0.3 is 0 Å². The molecule has 0 saturated carbocycles. The fraction of sp³-hybridized carbons (Fsp3) is 0. The van der Waals surface area contributed by atoms with Gasteiger partial charge in [-0.3, -0.25) is 29.9 Å². The summed E-state index contributed by atoms with van der Waals surface area (Å²) in [4.78, 5) is 35.6. The molecule has 230 valence electrons. The molecule has 0 radical (unpaired) electrons. The second kappa shape index (κ2) is 19.3. The Bertz CT molecular complexity index is 1460. The first-order valence-electron chi connectivity index (χ1n) is 13.6. The maximum absolute atomic E-state index is 5.14. The maximum atomic E-state index is 5.14. The quantitative estimate of drug-likeness (QED) is 0.209. The van der Waals surface area contributed by atoms with Crippen molar-refractivity contribution in [3.63, 3.8) is 0 Å². The minimum Gasteiger partial charge on any atom is -0.368 e. The molecule has 13 heteroatoms. The summed E-state index contributed by atoms with van der Waals surface area (Å²) < 4.78 is 0. The molecule has 12 nitrogen and oxygen atoms in total. The van der Waals surface area contributed by atoms with Crippen molar-refractivity contribution in [3.8, 4) is 34.2 Å². The van der Waals surface area contributed by atoms with Crippen molar-refractivity contribution in [1.82, 2.24) is 44.9 Å². The van der Waals surface area contributed by atoms with Gasteiger partial charge in [-0.1, -0.05) is 36.4 Å². The van der Waals surface area contributed by atoms with Crippen LogP contribution in [0.15, 0.2) is 146 Å². The smallest absolute Gasteiger partial charge is 0.226 e. The molecule has 0 spiro atoms. The summed E-state index contributed by atoms with van der Waals surface area (Å²) in [5.74, 6) is 0.125. The van der Waals surface area contributed by atoms with Gasteiger partial charge in [0.05, 0.1) is 34.2 Å². The van der Waals surface area contributed by atoms with Crippen LogP contribution in [0, 0.1) is 0 Å². The van der Waals surface area contributed by atoms with Crippen molar-refractivity contribution in [2.75, 3.05) is 17.2 Å². The summed E-state index contributed by atoms with van der Waals surface area (Å²) >= 11 is 0. The van der Waals surface area contributed by atoms with E-state index >= 15 is 0 Å². The molecule has 7 rings (SSSR count). The van der Waals surface area contributed by atoms with Crippen molar-refractivity contribution in [2.45, 2.75) is 0 Å². The number of hydrogen-bond acceptors (Lipinski definition) is 12. The van der Waals surface area contributed by atoms with Crippen LogP contribution in [0.3, 0.4) is 0 Å². The first-order chi connectivity index (χ1) is 22.1. The van der Waals surface area contributed by atoms with Gasteiger partial charge in [-0.25, -0.2) is 0 Å². The summed E-state index contributed by atoms with van der Waals surface area (Å²) in [5.41, 5.74) is 20.9. The number of aromatic nitrogens is 9. The first-order valence-corrected chi connectivity index (χ1v) is 13.6. The van der Waals surface area contributed by atoms with Crippen molar-refractivity contribution < 1.29 is 19.5 Å². The topological polar surface area (TPSA) is 194 Å². The Morgan fingerprint density at radius 2 is 0.457 bits per heavy atom. The van der Waals surface area contributed by atoms with E-state index in [0.29, 0.717) is 0 Å². The predicted octanol–water partition coefficient (Wildman–Crippen LogP) is 5.05. The van der Waals surface area contributed by atoms with Crippen molar-refractivity contribution >= 4 is 17.8 Å². The molecule has 0 saturated heterocycles. The number of nitrogen functional groups attached to an aromatic ring is 3. The van der Waals surface area contributed by atoms with Gasteiger partial charge in [0, 0.05) is 56.7 Å². The molecule has 0 fully saturated rings. The van der Waals surface area contributed by atoms with Crippen molar-refractivity contribution in [2.24, 2.45) is 0 Å². The van der Waals surface area contributed by atoms with E-state index in [1.807, 2.05) is 109 Å². The molecule has 46 heavy (non-hydrogen) atoms. The molecule has 0 aliphatic carbocycles. The number of hydrogen-bond donors (Lipinski definition) is 3. The molecule has 0 aliphatic rings. The number of pyridine rings is 6. The van der Waals surface area contributed by atoms with Gasteiger partial charge in [0.25, 0.3) is 0 Å². The van der Waals surface area contributed by atoms with E-state index in [0.717, 1.165) is 34.2 Å². The van der Waals surface area contributed by atoms with Crippen LogP contribution in [0.25, 0.3) is 34.2 Å². The van der Waals surface area contributed by atoms with Crippen LogP contribution >= 0.6 is 0 Å². The molecule has 7 aromatic heterocycles. The summed E-state index contributed by atoms with van der Waals surface area (Å²) in [7, 11) is 0. The van der Waals surface area contributed by atoms with E-state index in [1.54, 1.807) is 37.2 Å². The largest absolute Gasteiger partial charge is 0.368 e. The minimum absolute atomic E-state index is 0. The van der Waals surface area contributed by atoms with E-state index in [2.05, 4.69) is 44.9 Å². The number of anilines is 3. The van der Waals surface area contributed by atoms with Crippen LogP contribution in [-0.2, 0) is 19.5 Å². The van der Waals surface area contributed by atoms with Gasteiger partial charge in [0.2, 0.25) is 17.8 Å². The van der Waals surface area contributed by atoms with E-state index in [4.69, 9.17) is 17.2 Å². The molecule has 0 unspecified atom stereocenters. The zero-order valence-electron chi connectivity index (χ0n) is 24.5. The van der Waals surface area contributed by atoms with E-state index in [1.165, 1.54) is 0 Å². The van der Waals surface area contributed by atoms with Gasteiger partial charge in [-0.05, 0) is 72.8 Å². The predicted molar refractivity (Wildman–Crippen MR) is 175 cm³/mol. The Hall–Kier alpha value is -6.07. The van der Waals surface area contributed by atoms with Gasteiger partial charge in [-0.15, -0.1) is 0 Å². The molecule has 0 amide bonds. The SMILES string of the molecule is Nc1nc(N)nc(N)n1.[Ru].c1ccc(-c2ccccn2)nc1.c1ccc(-c2ccccn2)nc1.c1ccc(-c2ccccn2)nc1. The van der Waals surface area contributed by atoms with E-state index < -0.39 is 0 Å². The van der Waals surface area contributed by atoms with Crippen LogP contribution < -0.4 is 17.2 Å². The zero-order valence-corrected chi connectivity index (χ0v) is 26.2.